The van der Waals surface area contributed by atoms with E-state index >= 15 is 0 Å². The summed E-state index contributed by atoms with van der Waals surface area (Å²) in [7, 11) is 3.94. The van der Waals surface area contributed by atoms with Crippen molar-refractivity contribution in [2.75, 3.05) is 24.3 Å². The van der Waals surface area contributed by atoms with Crippen molar-refractivity contribution in [3.63, 3.8) is 0 Å². The summed E-state index contributed by atoms with van der Waals surface area (Å²) in [5.41, 5.74) is 4.32. The SMILES string of the molecule is CN(C)c1ccc(C(=O)Nc2cccc(-c3ccn[nH]3)c2)cc1. The molecular weight excluding hydrogens is 288 g/mol. The normalized spacial score (nSPS) is 10.3. The van der Waals surface area contributed by atoms with E-state index in [9.17, 15) is 4.79 Å². The first kappa shape index (κ1) is 14.8. The molecule has 0 aliphatic heterocycles. The summed E-state index contributed by atoms with van der Waals surface area (Å²) in [5, 5.41) is 9.78. The summed E-state index contributed by atoms with van der Waals surface area (Å²) in [4.78, 5) is 14.3. The Labute approximate surface area is 135 Å². The molecule has 0 unspecified atom stereocenters. The van der Waals surface area contributed by atoms with Crippen molar-refractivity contribution in [1.29, 1.82) is 0 Å². The molecule has 116 valence electrons. The quantitative estimate of drug-likeness (QED) is 0.776. The number of nitrogens with zero attached hydrogens (tertiary/aromatic N) is 2. The van der Waals surface area contributed by atoms with Crippen molar-refractivity contribution < 1.29 is 4.79 Å². The second-order valence-electron chi connectivity index (χ2n) is 5.45. The van der Waals surface area contributed by atoms with Crippen LogP contribution in [0.25, 0.3) is 11.3 Å². The molecule has 0 aliphatic carbocycles. The largest absolute Gasteiger partial charge is 0.378 e. The number of hydrogen-bond acceptors (Lipinski definition) is 3. The molecule has 2 aromatic carbocycles. The molecule has 0 radical (unpaired) electrons. The van der Waals surface area contributed by atoms with Gasteiger partial charge in [-0.1, -0.05) is 12.1 Å². The predicted molar refractivity (Wildman–Crippen MR) is 92.7 cm³/mol. The number of aromatic nitrogens is 2. The third-order valence-electron chi connectivity index (χ3n) is 3.58. The van der Waals surface area contributed by atoms with Crippen LogP contribution < -0.4 is 10.2 Å². The van der Waals surface area contributed by atoms with E-state index in [2.05, 4.69) is 15.5 Å². The van der Waals surface area contributed by atoms with Gasteiger partial charge >= 0.3 is 0 Å². The molecular formula is C18H18N4O. The Hall–Kier alpha value is -3.08. The van der Waals surface area contributed by atoms with Gasteiger partial charge in [-0.05, 0) is 42.5 Å². The zero-order chi connectivity index (χ0) is 16.2. The Morgan fingerprint density at radius 1 is 1.09 bits per heavy atom. The minimum absolute atomic E-state index is 0.128. The van der Waals surface area contributed by atoms with Gasteiger partial charge < -0.3 is 10.2 Å². The highest BCUT2D eigenvalue weighted by Gasteiger charge is 2.07. The molecule has 2 N–H and O–H groups in total. The van der Waals surface area contributed by atoms with Crippen molar-refractivity contribution in [3.8, 4) is 11.3 Å². The summed E-state index contributed by atoms with van der Waals surface area (Å²) in [6, 6.07) is 17.0. The van der Waals surface area contributed by atoms with Crippen LogP contribution in [0, 0.1) is 0 Å². The summed E-state index contributed by atoms with van der Waals surface area (Å²) in [6.45, 7) is 0. The number of H-pyrrole nitrogens is 1. The maximum Gasteiger partial charge on any atom is 0.255 e. The molecule has 0 atom stereocenters. The van der Waals surface area contributed by atoms with Crippen LogP contribution in [0.2, 0.25) is 0 Å². The van der Waals surface area contributed by atoms with E-state index in [0.717, 1.165) is 22.6 Å². The number of aromatic amines is 1. The van der Waals surface area contributed by atoms with Crippen molar-refractivity contribution in [3.05, 3.63) is 66.4 Å². The van der Waals surface area contributed by atoms with Gasteiger partial charge in [-0.15, -0.1) is 0 Å². The number of amides is 1. The maximum absolute atomic E-state index is 12.3. The first-order valence-corrected chi connectivity index (χ1v) is 7.32. The topological polar surface area (TPSA) is 61.0 Å². The Morgan fingerprint density at radius 2 is 1.87 bits per heavy atom. The molecule has 1 heterocycles. The van der Waals surface area contributed by atoms with Crippen LogP contribution in [0.5, 0.6) is 0 Å². The maximum atomic E-state index is 12.3. The molecule has 0 fully saturated rings. The van der Waals surface area contributed by atoms with Crippen LogP contribution in [-0.4, -0.2) is 30.2 Å². The van der Waals surface area contributed by atoms with Crippen molar-refractivity contribution in [2.24, 2.45) is 0 Å². The molecule has 0 aliphatic rings. The average Bonchev–Trinajstić information content (AvgIpc) is 3.10. The molecule has 5 heteroatoms. The van der Waals surface area contributed by atoms with Gasteiger partial charge in [0.1, 0.15) is 0 Å². The molecule has 3 aromatic rings. The van der Waals surface area contributed by atoms with E-state index in [0.29, 0.717) is 5.56 Å². The van der Waals surface area contributed by atoms with Crippen LogP contribution in [0.3, 0.4) is 0 Å². The third kappa shape index (κ3) is 3.40. The van der Waals surface area contributed by atoms with Gasteiger partial charge in [-0.2, -0.15) is 5.10 Å². The molecule has 1 aromatic heterocycles. The lowest BCUT2D eigenvalue weighted by Crippen LogP contribution is -2.13. The lowest BCUT2D eigenvalue weighted by atomic mass is 10.1. The lowest BCUT2D eigenvalue weighted by molar-refractivity contribution is 0.102. The van der Waals surface area contributed by atoms with E-state index in [1.165, 1.54) is 0 Å². The molecule has 3 rings (SSSR count). The van der Waals surface area contributed by atoms with E-state index in [1.54, 1.807) is 6.20 Å². The molecule has 0 bridgehead atoms. The van der Waals surface area contributed by atoms with Crippen LogP contribution in [0.1, 0.15) is 10.4 Å². The highest BCUT2D eigenvalue weighted by molar-refractivity contribution is 6.04. The van der Waals surface area contributed by atoms with Crippen molar-refractivity contribution in [2.45, 2.75) is 0 Å². The van der Waals surface area contributed by atoms with Crippen LogP contribution in [0.4, 0.5) is 11.4 Å². The van der Waals surface area contributed by atoms with E-state index in [1.807, 2.05) is 73.6 Å². The smallest absolute Gasteiger partial charge is 0.255 e. The Bertz CT molecular complexity index is 792. The molecule has 23 heavy (non-hydrogen) atoms. The minimum atomic E-state index is -0.128. The van der Waals surface area contributed by atoms with Crippen LogP contribution in [0.15, 0.2) is 60.8 Å². The number of carbonyl (C=O) groups is 1. The van der Waals surface area contributed by atoms with Gasteiger partial charge in [0.15, 0.2) is 0 Å². The zero-order valence-electron chi connectivity index (χ0n) is 13.1. The van der Waals surface area contributed by atoms with Gasteiger partial charge in [0.2, 0.25) is 0 Å². The van der Waals surface area contributed by atoms with Gasteiger partial charge in [0.05, 0.1) is 5.69 Å². The summed E-state index contributed by atoms with van der Waals surface area (Å²) in [5.74, 6) is -0.128. The fraction of sp³-hybridized carbons (Fsp3) is 0.111. The average molecular weight is 306 g/mol. The second-order valence-corrected chi connectivity index (χ2v) is 5.45. The Balaban J connectivity index is 1.76. The van der Waals surface area contributed by atoms with Crippen molar-refractivity contribution >= 4 is 17.3 Å². The summed E-state index contributed by atoms with van der Waals surface area (Å²) < 4.78 is 0. The van der Waals surface area contributed by atoms with Crippen LogP contribution in [-0.2, 0) is 0 Å². The first-order chi connectivity index (χ1) is 11.1. The number of hydrogen-bond donors (Lipinski definition) is 2. The van der Waals surface area contributed by atoms with Gasteiger partial charge in [0.25, 0.3) is 5.91 Å². The standard InChI is InChI=1S/C18H18N4O/c1-22(2)16-8-6-13(7-9-16)18(23)20-15-5-3-4-14(12-15)17-10-11-19-21-17/h3-12H,1-2H3,(H,19,21)(H,20,23). The number of rotatable bonds is 4. The Kier molecular flexibility index (Phi) is 4.10. The minimum Gasteiger partial charge on any atom is -0.378 e. The molecule has 0 saturated heterocycles. The number of carbonyl (C=O) groups excluding carboxylic acids is 1. The lowest BCUT2D eigenvalue weighted by Gasteiger charge is -2.12. The molecule has 0 saturated carbocycles. The summed E-state index contributed by atoms with van der Waals surface area (Å²) >= 11 is 0. The van der Waals surface area contributed by atoms with Gasteiger partial charge in [-0.3, -0.25) is 9.89 Å². The second kappa shape index (κ2) is 6.36. The first-order valence-electron chi connectivity index (χ1n) is 7.32. The van der Waals surface area contributed by atoms with E-state index < -0.39 is 0 Å². The predicted octanol–water partition coefficient (Wildman–Crippen LogP) is 3.40. The van der Waals surface area contributed by atoms with E-state index in [-0.39, 0.29) is 5.91 Å². The van der Waals surface area contributed by atoms with Crippen LogP contribution >= 0.6 is 0 Å². The van der Waals surface area contributed by atoms with E-state index in [4.69, 9.17) is 0 Å². The van der Waals surface area contributed by atoms with Gasteiger partial charge in [-0.25, -0.2) is 0 Å². The van der Waals surface area contributed by atoms with Crippen molar-refractivity contribution in [1.82, 2.24) is 10.2 Å². The highest BCUT2D eigenvalue weighted by Crippen LogP contribution is 2.21. The van der Waals surface area contributed by atoms with Gasteiger partial charge in [0, 0.05) is 42.8 Å². The Morgan fingerprint density at radius 3 is 2.52 bits per heavy atom. The molecule has 5 nitrogen and oxygen atoms in total. The third-order valence-corrected chi connectivity index (χ3v) is 3.58. The monoisotopic (exact) mass is 306 g/mol. The summed E-state index contributed by atoms with van der Waals surface area (Å²) in [6.07, 6.45) is 1.70. The fourth-order valence-electron chi connectivity index (χ4n) is 2.30. The number of anilines is 2. The molecule has 1 amide bonds. The highest BCUT2D eigenvalue weighted by atomic mass is 16.1. The zero-order valence-corrected chi connectivity index (χ0v) is 13.1. The fourth-order valence-corrected chi connectivity index (χ4v) is 2.30. The number of benzene rings is 2. The number of nitrogens with one attached hydrogen (secondary N) is 2. The molecule has 0 spiro atoms.